The van der Waals surface area contributed by atoms with E-state index in [9.17, 15) is 14.7 Å². The standard InChI is InChI=1S/C32H40N4O4/c1-21(13-14-23-15-16-27(29(37)18-23)35-26-10-4-3-5-11-26)33-30(38)24-8-6-9-25(19-24)32(39)36-17-7-12-28(36)31-34-22(2)20-40-31/h6,8-9,15-16,18-21,26,28,35,37H,3-5,7,10-14,17H2,1-2H3,(H,33,38)/t21-,28+/m0/s1. The molecule has 2 fully saturated rings. The fourth-order valence-electron chi connectivity index (χ4n) is 5.84. The van der Waals surface area contributed by atoms with Crippen molar-refractivity contribution in [1.82, 2.24) is 15.2 Å². The number of oxazole rings is 1. The molecule has 8 heteroatoms. The molecule has 1 saturated heterocycles. The summed E-state index contributed by atoms with van der Waals surface area (Å²) in [6, 6.07) is 12.9. The van der Waals surface area contributed by atoms with Crippen LogP contribution >= 0.6 is 0 Å². The summed E-state index contributed by atoms with van der Waals surface area (Å²) < 4.78 is 5.58. The highest BCUT2D eigenvalue weighted by Crippen LogP contribution is 2.33. The molecule has 2 aliphatic rings. The molecule has 0 spiro atoms. The van der Waals surface area contributed by atoms with Crippen molar-refractivity contribution in [2.45, 2.75) is 89.8 Å². The highest BCUT2D eigenvalue weighted by atomic mass is 16.3. The molecule has 1 aliphatic heterocycles. The highest BCUT2D eigenvalue weighted by Gasteiger charge is 2.34. The minimum atomic E-state index is -0.210. The number of rotatable bonds is 9. The van der Waals surface area contributed by atoms with Crippen LogP contribution in [0.25, 0.3) is 0 Å². The van der Waals surface area contributed by atoms with E-state index < -0.39 is 0 Å². The zero-order chi connectivity index (χ0) is 28.1. The molecule has 2 amide bonds. The van der Waals surface area contributed by atoms with Gasteiger partial charge in [0.05, 0.1) is 11.4 Å². The fourth-order valence-corrected chi connectivity index (χ4v) is 5.84. The van der Waals surface area contributed by atoms with E-state index in [1.165, 1.54) is 19.3 Å². The van der Waals surface area contributed by atoms with Crippen molar-refractivity contribution in [2.24, 2.45) is 0 Å². The van der Waals surface area contributed by atoms with E-state index in [0.717, 1.165) is 55.5 Å². The average molecular weight is 545 g/mol. The van der Waals surface area contributed by atoms with Crippen LogP contribution in [-0.4, -0.2) is 45.4 Å². The van der Waals surface area contributed by atoms with Gasteiger partial charge >= 0.3 is 0 Å². The third-order valence-corrected chi connectivity index (χ3v) is 8.08. The predicted octanol–water partition coefficient (Wildman–Crippen LogP) is 6.16. The number of nitrogens with zero attached hydrogens (tertiary/aromatic N) is 2. The van der Waals surface area contributed by atoms with Crippen LogP contribution in [0.15, 0.2) is 53.1 Å². The molecule has 1 aromatic heterocycles. The minimum Gasteiger partial charge on any atom is -0.506 e. The lowest BCUT2D eigenvalue weighted by atomic mass is 9.95. The van der Waals surface area contributed by atoms with Gasteiger partial charge in [0.2, 0.25) is 5.89 Å². The largest absolute Gasteiger partial charge is 0.506 e. The first-order chi connectivity index (χ1) is 19.4. The van der Waals surface area contributed by atoms with E-state index >= 15 is 0 Å². The summed E-state index contributed by atoms with van der Waals surface area (Å²) >= 11 is 0. The van der Waals surface area contributed by atoms with Crippen LogP contribution < -0.4 is 10.6 Å². The van der Waals surface area contributed by atoms with Gasteiger partial charge in [0.1, 0.15) is 18.1 Å². The highest BCUT2D eigenvalue weighted by molar-refractivity contribution is 6.00. The van der Waals surface area contributed by atoms with Crippen molar-refractivity contribution >= 4 is 17.5 Å². The summed E-state index contributed by atoms with van der Waals surface area (Å²) in [6.45, 7) is 4.47. The molecule has 0 unspecified atom stereocenters. The van der Waals surface area contributed by atoms with Crippen molar-refractivity contribution in [1.29, 1.82) is 0 Å². The van der Waals surface area contributed by atoms with Crippen molar-refractivity contribution in [3.8, 4) is 5.75 Å². The molecule has 1 aliphatic carbocycles. The van der Waals surface area contributed by atoms with Crippen LogP contribution in [0.1, 0.15) is 102 Å². The van der Waals surface area contributed by atoms with Crippen LogP contribution in [0, 0.1) is 6.92 Å². The van der Waals surface area contributed by atoms with Crippen LogP contribution in [0.3, 0.4) is 0 Å². The maximum Gasteiger partial charge on any atom is 0.254 e. The number of aromatic nitrogens is 1. The third-order valence-electron chi connectivity index (χ3n) is 8.08. The average Bonchev–Trinajstić information content (AvgIpc) is 3.62. The zero-order valence-electron chi connectivity index (χ0n) is 23.5. The van der Waals surface area contributed by atoms with Crippen LogP contribution in [0.5, 0.6) is 5.75 Å². The molecule has 5 rings (SSSR count). The Labute approximate surface area is 236 Å². The molecular formula is C32H40N4O4. The van der Waals surface area contributed by atoms with E-state index in [1.807, 2.05) is 32.0 Å². The number of benzene rings is 2. The van der Waals surface area contributed by atoms with Gasteiger partial charge in [-0.05, 0) is 88.3 Å². The Morgan fingerprint density at radius 2 is 1.88 bits per heavy atom. The minimum absolute atomic E-state index is 0.0785. The van der Waals surface area contributed by atoms with Crippen LogP contribution in [0.4, 0.5) is 5.69 Å². The number of likely N-dealkylation sites (tertiary alicyclic amines) is 1. The number of anilines is 1. The van der Waals surface area contributed by atoms with Gasteiger partial charge in [0.25, 0.3) is 11.8 Å². The van der Waals surface area contributed by atoms with Gasteiger partial charge in [-0.25, -0.2) is 4.98 Å². The lowest BCUT2D eigenvalue weighted by Gasteiger charge is -2.24. The molecule has 8 nitrogen and oxygen atoms in total. The molecule has 0 bridgehead atoms. The Morgan fingerprint density at radius 1 is 1.07 bits per heavy atom. The Hall–Kier alpha value is -3.81. The number of phenols is 1. The molecule has 3 aromatic rings. The van der Waals surface area contributed by atoms with Gasteiger partial charge in [-0.15, -0.1) is 0 Å². The number of aryl methyl sites for hydroxylation is 2. The summed E-state index contributed by atoms with van der Waals surface area (Å²) in [4.78, 5) is 32.6. The van der Waals surface area contributed by atoms with Gasteiger partial charge in [0, 0.05) is 29.8 Å². The van der Waals surface area contributed by atoms with Crippen molar-refractivity contribution in [2.75, 3.05) is 11.9 Å². The summed E-state index contributed by atoms with van der Waals surface area (Å²) in [5.74, 6) is 0.509. The van der Waals surface area contributed by atoms with E-state index in [4.69, 9.17) is 4.42 Å². The van der Waals surface area contributed by atoms with E-state index in [2.05, 4.69) is 15.6 Å². The Kier molecular flexibility index (Phi) is 8.72. The zero-order valence-corrected chi connectivity index (χ0v) is 23.5. The van der Waals surface area contributed by atoms with Gasteiger partial charge in [-0.1, -0.05) is 31.4 Å². The number of aromatic hydroxyl groups is 1. The monoisotopic (exact) mass is 544 g/mol. The number of phenolic OH excluding ortho intramolecular Hbond substituents is 1. The summed E-state index contributed by atoms with van der Waals surface area (Å²) in [6.07, 6.45) is 10.8. The van der Waals surface area contributed by atoms with Crippen molar-refractivity contribution in [3.05, 3.63) is 77.0 Å². The first-order valence-corrected chi connectivity index (χ1v) is 14.6. The molecule has 2 aromatic carbocycles. The Bertz CT molecular complexity index is 1330. The second kappa shape index (κ2) is 12.6. The topological polar surface area (TPSA) is 108 Å². The molecule has 1 saturated carbocycles. The Morgan fingerprint density at radius 3 is 2.62 bits per heavy atom. The predicted molar refractivity (Wildman–Crippen MR) is 155 cm³/mol. The number of hydrogen-bond acceptors (Lipinski definition) is 6. The van der Waals surface area contributed by atoms with E-state index in [1.54, 1.807) is 35.4 Å². The van der Waals surface area contributed by atoms with Gasteiger partial charge in [-0.3, -0.25) is 9.59 Å². The van der Waals surface area contributed by atoms with Crippen molar-refractivity contribution < 1.29 is 19.1 Å². The lowest BCUT2D eigenvalue weighted by molar-refractivity contribution is 0.0715. The number of carbonyl (C=O) groups excluding carboxylic acids is 2. The van der Waals surface area contributed by atoms with E-state index in [0.29, 0.717) is 29.6 Å². The summed E-state index contributed by atoms with van der Waals surface area (Å²) in [7, 11) is 0. The maximum absolute atomic E-state index is 13.4. The SMILES string of the molecule is Cc1coc([C@H]2CCCN2C(=O)c2cccc(C(=O)N[C@@H](C)CCc3ccc(NC4CCCCC4)c(O)c3)c2)n1. The van der Waals surface area contributed by atoms with Crippen molar-refractivity contribution in [3.63, 3.8) is 0 Å². The van der Waals surface area contributed by atoms with Gasteiger partial charge in [0.15, 0.2) is 0 Å². The number of hydrogen-bond donors (Lipinski definition) is 3. The molecule has 2 heterocycles. The first-order valence-electron chi connectivity index (χ1n) is 14.6. The molecule has 3 N–H and O–H groups in total. The van der Waals surface area contributed by atoms with Crippen LogP contribution in [0.2, 0.25) is 0 Å². The van der Waals surface area contributed by atoms with Gasteiger partial charge in [-0.2, -0.15) is 0 Å². The Balaban J connectivity index is 1.15. The van der Waals surface area contributed by atoms with Crippen LogP contribution in [-0.2, 0) is 6.42 Å². The normalized spacial score (nSPS) is 18.4. The van der Waals surface area contributed by atoms with E-state index in [-0.39, 0.29) is 29.6 Å². The number of carbonyl (C=O) groups is 2. The second-order valence-electron chi connectivity index (χ2n) is 11.3. The fraction of sp³-hybridized carbons (Fsp3) is 0.469. The molecular weight excluding hydrogens is 504 g/mol. The lowest BCUT2D eigenvalue weighted by Crippen LogP contribution is -2.33. The molecule has 2 atom stereocenters. The third kappa shape index (κ3) is 6.66. The summed E-state index contributed by atoms with van der Waals surface area (Å²) in [5.41, 5.74) is 3.55. The maximum atomic E-state index is 13.4. The molecule has 212 valence electrons. The quantitative estimate of drug-likeness (QED) is 0.279. The smallest absolute Gasteiger partial charge is 0.254 e. The van der Waals surface area contributed by atoms with Gasteiger partial charge < -0.3 is 25.1 Å². The number of amides is 2. The number of nitrogens with one attached hydrogen (secondary N) is 2. The molecule has 40 heavy (non-hydrogen) atoms. The molecule has 0 radical (unpaired) electrons. The summed E-state index contributed by atoms with van der Waals surface area (Å²) in [5, 5.41) is 17.1. The first kappa shape index (κ1) is 27.7. The second-order valence-corrected chi connectivity index (χ2v) is 11.3.